The molecule has 6 nitrogen and oxygen atoms in total. The van der Waals surface area contributed by atoms with E-state index in [1.807, 2.05) is 6.07 Å². The van der Waals surface area contributed by atoms with E-state index in [1.165, 1.54) is 0 Å². The number of unbranched alkanes of at least 4 members (excludes halogenated alkanes) is 2. The molecule has 0 aromatic heterocycles. The Morgan fingerprint density at radius 3 is 2.22 bits per heavy atom. The number of rotatable bonds is 9. The first-order valence-electron chi connectivity index (χ1n) is 9.29. The smallest absolute Gasteiger partial charge is 0.360 e. The SMILES string of the molecule is CCCCOC1=CC(=[N+]=[N-])C(OCCCC)=CC1=NC(=O)c1ccccc1. The van der Waals surface area contributed by atoms with Gasteiger partial charge in [-0.1, -0.05) is 44.9 Å². The number of ether oxygens (including phenoxy) is 2. The van der Waals surface area contributed by atoms with Crippen LogP contribution < -0.4 is 0 Å². The summed E-state index contributed by atoms with van der Waals surface area (Å²) in [6, 6.07) is 8.83. The largest absolute Gasteiger partial charge is 0.491 e. The molecule has 0 N–H and O–H groups in total. The second-order valence-corrected chi connectivity index (χ2v) is 6.07. The zero-order chi connectivity index (χ0) is 19.5. The molecule has 0 radical (unpaired) electrons. The summed E-state index contributed by atoms with van der Waals surface area (Å²) in [6.45, 7) is 5.10. The first-order valence-corrected chi connectivity index (χ1v) is 9.29. The number of hydrogen-bond acceptors (Lipinski definition) is 3. The maximum atomic E-state index is 12.5. The molecule has 142 valence electrons. The van der Waals surface area contributed by atoms with Gasteiger partial charge >= 0.3 is 5.71 Å². The van der Waals surface area contributed by atoms with Crippen molar-refractivity contribution in [3.05, 3.63) is 65.1 Å². The van der Waals surface area contributed by atoms with Crippen molar-refractivity contribution in [3.8, 4) is 0 Å². The van der Waals surface area contributed by atoms with Gasteiger partial charge in [-0.05, 0) is 25.0 Å². The van der Waals surface area contributed by atoms with Crippen LogP contribution in [-0.2, 0) is 9.47 Å². The van der Waals surface area contributed by atoms with Crippen molar-refractivity contribution < 1.29 is 19.1 Å². The molecule has 0 aliphatic heterocycles. The molecule has 6 heteroatoms. The van der Waals surface area contributed by atoms with E-state index >= 15 is 0 Å². The highest BCUT2D eigenvalue weighted by Crippen LogP contribution is 2.17. The lowest BCUT2D eigenvalue weighted by Crippen LogP contribution is -2.20. The molecule has 0 unspecified atom stereocenters. The molecule has 1 aliphatic rings. The van der Waals surface area contributed by atoms with Crippen molar-refractivity contribution in [2.75, 3.05) is 13.2 Å². The third kappa shape index (κ3) is 6.04. The fraction of sp³-hybridized carbons (Fsp3) is 0.381. The second-order valence-electron chi connectivity index (χ2n) is 6.07. The van der Waals surface area contributed by atoms with Gasteiger partial charge in [0.1, 0.15) is 5.71 Å². The first-order chi connectivity index (χ1) is 13.2. The number of allylic oxidation sites excluding steroid dienone is 2. The van der Waals surface area contributed by atoms with Crippen molar-refractivity contribution in [2.24, 2.45) is 4.99 Å². The molecular formula is C21H25N3O3. The summed E-state index contributed by atoms with van der Waals surface area (Å²) in [6.07, 6.45) is 6.83. The lowest BCUT2D eigenvalue weighted by molar-refractivity contribution is -0.00823. The monoisotopic (exact) mass is 367 g/mol. The van der Waals surface area contributed by atoms with Crippen molar-refractivity contribution in [1.82, 2.24) is 0 Å². The summed E-state index contributed by atoms with van der Waals surface area (Å²) in [7, 11) is 0. The van der Waals surface area contributed by atoms with Crippen molar-refractivity contribution in [3.63, 3.8) is 0 Å². The molecule has 1 amide bonds. The minimum absolute atomic E-state index is 0.253. The number of nitrogens with zero attached hydrogens (tertiary/aromatic N) is 3. The molecule has 0 heterocycles. The normalized spacial score (nSPS) is 15.0. The van der Waals surface area contributed by atoms with Crippen LogP contribution in [0.4, 0.5) is 0 Å². The van der Waals surface area contributed by atoms with Crippen LogP contribution >= 0.6 is 0 Å². The quantitative estimate of drug-likeness (QED) is 0.281. The predicted molar refractivity (Wildman–Crippen MR) is 105 cm³/mol. The molecule has 0 fully saturated rings. The second kappa shape index (κ2) is 10.9. The van der Waals surface area contributed by atoms with Gasteiger partial charge in [-0.3, -0.25) is 4.79 Å². The van der Waals surface area contributed by atoms with Crippen molar-refractivity contribution in [1.29, 1.82) is 0 Å². The van der Waals surface area contributed by atoms with Gasteiger partial charge in [-0.25, -0.2) is 4.99 Å². The highest BCUT2D eigenvalue weighted by atomic mass is 16.5. The van der Waals surface area contributed by atoms with E-state index in [-0.39, 0.29) is 11.6 Å². The Kier molecular flexibility index (Phi) is 8.20. The summed E-state index contributed by atoms with van der Waals surface area (Å²) in [5.74, 6) is 0.390. The van der Waals surface area contributed by atoms with E-state index < -0.39 is 0 Å². The molecule has 27 heavy (non-hydrogen) atoms. The van der Waals surface area contributed by atoms with Gasteiger partial charge in [0, 0.05) is 11.6 Å². The van der Waals surface area contributed by atoms with E-state index in [1.54, 1.807) is 36.4 Å². The van der Waals surface area contributed by atoms with Crippen LogP contribution in [0, 0.1) is 0 Å². The molecule has 1 aliphatic carbocycles. The lowest BCUT2D eigenvalue weighted by atomic mass is 10.1. The maximum absolute atomic E-state index is 12.5. The van der Waals surface area contributed by atoms with E-state index in [4.69, 9.17) is 9.47 Å². The summed E-state index contributed by atoms with van der Waals surface area (Å²) in [5.41, 5.74) is 10.4. The van der Waals surface area contributed by atoms with Gasteiger partial charge in [0.25, 0.3) is 5.91 Å². The van der Waals surface area contributed by atoms with Gasteiger partial charge < -0.3 is 15.0 Å². The fourth-order valence-corrected chi connectivity index (χ4v) is 2.34. The van der Waals surface area contributed by atoms with Crippen molar-refractivity contribution >= 4 is 17.3 Å². The van der Waals surface area contributed by atoms with E-state index in [0.29, 0.717) is 36.0 Å². The third-order valence-electron chi connectivity index (χ3n) is 3.90. The Morgan fingerprint density at radius 2 is 1.63 bits per heavy atom. The Bertz CT molecular complexity index is 788. The van der Waals surface area contributed by atoms with Crippen LogP contribution in [0.5, 0.6) is 0 Å². The van der Waals surface area contributed by atoms with Gasteiger partial charge in [0.05, 0.1) is 19.3 Å². The minimum Gasteiger partial charge on any atom is -0.491 e. The summed E-state index contributed by atoms with van der Waals surface area (Å²) < 4.78 is 11.5. The van der Waals surface area contributed by atoms with Crippen LogP contribution in [0.3, 0.4) is 0 Å². The summed E-state index contributed by atoms with van der Waals surface area (Å²) in [5, 5.41) is 0. The van der Waals surface area contributed by atoms with Crippen LogP contribution in [0.2, 0.25) is 0 Å². The highest BCUT2D eigenvalue weighted by Gasteiger charge is 2.26. The summed E-state index contributed by atoms with van der Waals surface area (Å²) >= 11 is 0. The fourth-order valence-electron chi connectivity index (χ4n) is 2.34. The molecule has 0 saturated heterocycles. The standard InChI is InChI=1S/C21H25N3O3/c1-3-5-12-26-19-15-18(24-22)20(27-13-6-4-2)14-17(19)23-21(25)16-10-8-7-9-11-16/h7-11,14-15H,3-6,12-13H2,1-2H3. The predicted octanol–water partition coefficient (Wildman–Crippen LogP) is 4.35. The van der Waals surface area contributed by atoms with E-state index in [0.717, 1.165) is 25.7 Å². The van der Waals surface area contributed by atoms with Gasteiger partial charge in [0.2, 0.25) is 5.76 Å². The molecule has 2 rings (SSSR count). The molecule has 0 atom stereocenters. The number of benzene rings is 1. The average Bonchev–Trinajstić information content (AvgIpc) is 2.70. The summed E-state index contributed by atoms with van der Waals surface area (Å²) in [4.78, 5) is 20.0. The van der Waals surface area contributed by atoms with Crippen LogP contribution in [0.15, 0.2) is 59.0 Å². The van der Waals surface area contributed by atoms with Crippen LogP contribution in [0.25, 0.3) is 5.53 Å². The molecule has 1 aromatic rings. The number of amides is 1. The highest BCUT2D eigenvalue weighted by molar-refractivity contribution is 6.23. The minimum atomic E-state index is -0.371. The van der Waals surface area contributed by atoms with Gasteiger partial charge in [-0.2, -0.15) is 4.79 Å². The van der Waals surface area contributed by atoms with Crippen molar-refractivity contribution in [2.45, 2.75) is 39.5 Å². The average molecular weight is 367 g/mol. The maximum Gasteiger partial charge on any atom is 0.360 e. The van der Waals surface area contributed by atoms with Gasteiger partial charge in [0.15, 0.2) is 5.76 Å². The zero-order valence-electron chi connectivity index (χ0n) is 15.9. The van der Waals surface area contributed by atoms with Gasteiger partial charge in [-0.15, -0.1) is 0 Å². The van der Waals surface area contributed by atoms with E-state index in [2.05, 4.69) is 23.6 Å². The Labute approximate surface area is 159 Å². The zero-order valence-corrected chi connectivity index (χ0v) is 15.9. The Hall–Kier alpha value is -2.98. The van der Waals surface area contributed by atoms with E-state index in [9.17, 15) is 10.3 Å². The Morgan fingerprint density at radius 1 is 1.00 bits per heavy atom. The van der Waals surface area contributed by atoms with Crippen LogP contribution in [-0.4, -0.2) is 35.3 Å². The first kappa shape index (κ1) is 20.3. The molecule has 0 bridgehead atoms. The number of carbonyl (C=O) groups is 1. The Balaban J connectivity index is 2.32. The molecule has 1 aromatic carbocycles. The molecular weight excluding hydrogens is 342 g/mol. The lowest BCUT2D eigenvalue weighted by Gasteiger charge is -2.15. The number of hydrogen-bond donors (Lipinski definition) is 0. The number of aliphatic imine (C=N–C) groups is 1. The molecule has 0 spiro atoms. The topological polar surface area (TPSA) is 84.3 Å². The molecule has 0 saturated carbocycles. The van der Waals surface area contributed by atoms with Crippen LogP contribution in [0.1, 0.15) is 49.9 Å². The number of carbonyl (C=O) groups excluding carboxylic acids is 1. The third-order valence-corrected chi connectivity index (χ3v) is 3.90.